The molecular formula is C43H58BrN7O9S. The lowest BCUT2D eigenvalue weighted by Crippen LogP contribution is -2.55. The van der Waals surface area contributed by atoms with E-state index < -0.39 is 15.9 Å². The van der Waals surface area contributed by atoms with Crippen molar-refractivity contribution in [3.8, 4) is 5.75 Å². The van der Waals surface area contributed by atoms with Crippen molar-refractivity contribution in [1.82, 2.24) is 14.9 Å². The molecule has 1 saturated heterocycles. The molecule has 0 saturated carbocycles. The molecule has 0 spiro atoms. The van der Waals surface area contributed by atoms with Crippen LogP contribution in [0.5, 0.6) is 5.75 Å². The van der Waals surface area contributed by atoms with Crippen LogP contribution in [-0.4, -0.2) is 124 Å². The van der Waals surface area contributed by atoms with Crippen LogP contribution in [0.2, 0.25) is 0 Å². The Morgan fingerprint density at radius 1 is 1.07 bits per heavy atom. The number of aromatic nitrogens is 2. The number of rotatable bonds is 20. The van der Waals surface area contributed by atoms with E-state index in [1.54, 1.807) is 31.3 Å². The Kier molecular flexibility index (Phi) is 15.8. The summed E-state index contributed by atoms with van der Waals surface area (Å²) in [6, 6.07) is 8.29. The molecule has 16 nitrogen and oxygen atoms in total. The van der Waals surface area contributed by atoms with Gasteiger partial charge >= 0.3 is 6.03 Å². The summed E-state index contributed by atoms with van der Waals surface area (Å²) in [4.78, 5) is 37.1. The molecule has 2 aromatic carbocycles. The second kappa shape index (κ2) is 20.8. The topological polar surface area (TPSA) is 188 Å². The van der Waals surface area contributed by atoms with Gasteiger partial charge in [0.1, 0.15) is 28.3 Å². The number of ether oxygens (including phenoxy) is 4. The first-order valence-corrected chi connectivity index (χ1v) is 23.5. The molecule has 3 aliphatic rings. The van der Waals surface area contributed by atoms with Gasteiger partial charge < -0.3 is 29.2 Å². The Bertz CT molecular complexity index is 2140. The Balaban J connectivity index is 0.963. The number of non-ortho nitro benzene ring substituents is 1. The maximum Gasteiger partial charge on any atom is 0.325 e. The van der Waals surface area contributed by atoms with Gasteiger partial charge in [0.25, 0.3) is 5.69 Å². The number of carbonyl (C=O) groups excluding carboxylic acids is 1. The molecule has 18 heteroatoms. The van der Waals surface area contributed by atoms with Crippen LogP contribution in [0.15, 0.2) is 59.4 Å². The molecule has 0 radical (unpaired) electrons. The van der Waals surface area contributed by atoms with Crippen molar-refractivity contribution in [2.24, 2.45) is 11.3 Å². The number of nitrogens with one attached hydrogen (secondary N) is 2. The fourth-order valence-electron chi connectivity index (χ4n) is 8.41. The molecule has 1 fully saturated rings. The molecular weight excluding hydrogens is 870 g/mol. The van der Waals surface area contributed by atoms with Gasteiger partial charge in [0.05, 0.1) is 67.5 Å². The van der Waals surface area contributed by atoms with Crippen LogP contribution in [0.25, 0.3) is 0 Å². The molecule has 61 heavy (non-hydrogen) atoms. The number of fused-ring (bicyclic) bond motifs is 3. The number of amides is 2. The van der Waals surface area contributed by atoms with Gasteiger partial charge in [0, 0.05) is 66.2 Å². The largest absolute Gasteiger partial charge is 0.489 e. The third-order valence-corrected chi connectivity index (χ3v) is 14.3. The average Bonchev–Trinajstić information content (AvgIpc) is 3.72. The quantitative estimate of drug-likeness (QED) is 0.0515. The molecule has 1 aromatic heterocycles. The Morgan fingerprint density at radius 2 is 1.84 bits per heavy atom. The first-order chi connectivity index (χ1) is 29.1. The van der Waals surface area contributed by atoms with Gasteiger partial charge in [0.2, 0.25) is 0 Å². The first-order valence-electron chi connectivity index (χ1n) is 20.8. The standard InChI is InChI=1S/C43H58BrN7O9S/c1-6-61(55,56)21-12-43(4,5)41-34-9-7-8-33(34)35-23-31(51(53)54)10-11-38(35)50(41)15-17-58-20-19-57-16-13-49-14-18-59-32(27-49)28-60-39-22-29(2)36(44)24-37(39)47-42(52)48-40-26-45-30(3)25-46-40/h7-8,10-11,22-26,32-34,41H,6,9,12-21,27-28H2,1-5H3,(H2,46,47,48,52)/t32-,33?,34?,41?/m0/s1. The van der Waals surface area contributed by atoms with E-state index in [9.17, 15) is 23.3 Å². The van der Waals surface area contributed by atoms with E-state index in [1.807, 2.05) is 26.0 Å². The molecule has 4 atom stereocenters. The summed E-state index contributed by atoms with van der Waals surface area (Å²) in [6.07, 6.45) is 8.52. The summed E-state index contributed by atoms with van der Waals surface area (Å²) in [5, 5.41) is 17.3. The smallest absolute Gasteiger partial charge is 0.325 e. The van der Waals surface area contributed by atoms with E-state index in [2.05, 4.69) is 72.3 Å². The lowest BCUT2D eigenvalue weighted by Gasteiger charge is -2.52. The number of hydrogen-bond donors (Lipinski definition) is 2. The summed E-state index contributed by atoms with van der Waals surface area (Å²) in [5.74, 6) is 1.25. The number of carbonyl (C=O) groups is 1. The second-order valence-corrected chi connectivity index (χ2v) is 19.8. The molecule has 2 aliphatic heterocycles. The van der Waals surface area contributed by atoms with Gasteiger partial charge in [-0.25, -0.2) is 18.2 Å². The fraction of sp³-hybridized carbons (Fsp3) is 0.558. The normalized spacial score (nSPS) is 20.3. The molecule has 6 rings (SSSR count). The van der Waals surface area contributed by atoms with Gasteiger partial charge in [-0.2, -0.15) is 0 Å². The zero-order chi connectivity index (χ0) is 43.7. The first kappa shape index (κ1) is 46.3. The highest BCUT2D eigenvalue weighted by molar-refractivity contribution is 9.10. The van der Waals surface area contributed by atoms with E-state index in [0.717, 1.165) is 39.9 Å². The minimum atomic E-state index is -3.16. The lowest BCUT2D eigenvalue weighted by atomic mass is 9.67. The molecule has 332 valence electrons. The molecule has 2 N–H and O–H groups in total. The number of morpholine rings is 1. The summed E-state index contributed by atoms with van der Waals surface area (Å²) >= 11 is 3.55. The van der Waals surface area contributed by atoms with E-state index in [4.69, 9.17) is 18.9 Å². The Hall–Kier alpha value is -4.20. The van der Waals surface area contributed by atoms with Crippen LogP contribution < -0.4 is 20.3 Å². The van der Waals surface area contributed by atoms with E-state index in [-0.39, 0.29) is 58.1 Å². The summed E-state index contributed by atoms with van der Waals surface area (Å²) in [6.45, 7) is 15.0. The van der Waals surface area contributed by atoms with Crippen molar-refractivity contribution in [3.63, 3.8) is 0 Å². The Morgan fingerprint density at radius 3 is 2.56 bits per heavy atom. The number of urea groups is 1. The molecule has 0 bridgehead atoms. The predicted octanol–water partition coefficient (Wildman–Crippen LogP) is 6.92. The number of anilines is 3. The number of nitrogens with zero attached hydrogens (tertiary/aromatic N) is 5. The summed E-state index contributed by atoms with van der Waals surface area (Å²) < 4.78 is 50.3. The number of benzene rings is 2. The zero-order valence-corrected chi connectivity index (χ0v) is 38.0. The predicted molar refractivity (Wildman–Crippen MR) is 239 cm³/mol. The van der Waals surface area contributed by atoms with Crippen LogP contribution in [0, 0.1) is 35.3 Å². The highest BCUT2D eigenvalue weighted by atomic mass is 79.9. The van der Waals surface area contributed by atoms with Gasteiger partial charge in [-0.15, -0.1) is 0 Å². The number of aryl methyl sites for hydroxylation is 2. The van der Waals surface area contributed by atoms with Crippen molar-refractivity contribution in [3.05, 3.63) is 86.3 Å². The maximum atomic E-state index is 12.8. The third kappa shape index (κ3) is 12.3. The highest BCUT2D eigenvalue weighted by Gasteiger charge is 2.48. The lowest BCUT2D eigenvalue weighted by molar-refractivity contribution is -0.384. The maximum absolute atomic E-state index is 12.8. The molecule has 3 heterocycles. The average molecular weight is 929 g/mol. The number of allylic oxidation sites excluding steroid dienone is 2. The van der Waals surface area contributed by atoms with Gasteiger partial charge in [-0.1, -0.05) is 48.9 Å². The van der Waals surface area contributed by atoms with Crippen LogP contribution in [0.1, 0.15) is 56.4 Å². The number of nitro groups is 1. The minimum Gasteiger partial charge on any atom is -0.489 e. The van der Waals surface area contributed by atoms with E-state index >= 15 is 0 Å². The van der Waals surface area contributed by atoms with Crippen LogP contribution in [0.3, 0.4) is 0 Å². The summed E-state index contributed by atoms with van der Waals surface area (Å²) in [5.41, 5.74) is 3.76. The van der Waals surface area contributed by atoms with Crippen molar-refractivity contribution in [2.75, 3.05) is 92.9 Å². The number of halogens is 1. The Labute approximate surface area is 367 Å². The second-order valence-electron chi connectivity index (χ2n) is 16.5. The zero-order valence-electron chi connectivity index (χ0n) is 35.6. The third-order valence-electron chi connectivity index (χ3n) is 11.7. The van der Waals surface area contributed by atoms with Crippen molar-refractivity contribution in [1.29, 1.82) is 0 Å². The highest BCUT2D eigenvalue weighted by Crippen LogP contribution is 2.53. The number of nitro benzene ring substituents is 1. The van der Waals surface area contributed by atoms with Crippen molar-refractivity contribution >= 4 is 54.7 Å². The molecule has 1 aliphatic carbocycles. The fourth-order valence-corrected chi connectivity index (χ4v) is 9.88. The number of hydrogen-bond acceptors (Lipinski definition) is 13. The van der Waals surface area contributed by atoms with Gasteiger partial charge in [-0.05, 0) is 67.3 Å². The van der Waals surface area contributed by atoms with Crippen molar-refractivity contribution in [2.45, 2.75) is 65.5 Å². The van der Waals surface area contributed by atoms with E-state index in [0.29, 0.717) is 76.3 Å². The minimum absolute atomic E-state index is 0.000406. The number of sulfone groups is 1. The van der Waals surface area contributed by atoms with Gasteiger partial charge in [-0.3, -0.25) is 25.3 Å². The van der Waals surface area contributed by atoms with E-state index in [1.165, 1.54) is 6.20 Å². The van der Waals surface area contributed by atoms with Gasteiger partial charge in [0.15, 0.2) is 5.82 Å². The molecule has 3 unspecified atom stereocenters. The van der Waals surface area contributed by atoms with Crippen molar-refractivity contribution < 1.29 is 37.1 Å². The summed E-state index contributed by atoms with van der Waals surface area (Å²) in [7, 11) is -3.16. The molecule has 3 aromatic rings. The monoisotopic (exact) mass is 927 g/mol. The molecule has 2 amide bonds. The van der Waals surface area contributed by atoms with Crippen LogP contribution in [0.4, 0.5) is 27.7 Å². The SMILES string of the molecule is CCS(=O)(=O)CCC(C)(C)C1C2CC=CC2c2cc([N+](=O)[O-])ccc2N1CCOCCOCCN1CCO[C@H](COc2cc(C)c(Br)cc2NC(=O)Nc2cnc(C)cn2)C1. The van der Waals surface area contributed by atoms with Crippen LogP contribution in [-0.2, 0) is 24.0 Å². The van der Waals surface area contributed by atoms with Crippen LogP contribution >= 0.6 is 15.9 Å².